The number of benzene rings is 5. The van der Waals surface area contributed by atoms with Crippen molar-refractivity contribution in [2.75, 3.05) is 0 Å². The van der Waals surface area contributed by atoms with Crippen LogP contribution in [0.15, 0.2) is 115 Å². The maximum Gasteiger partial charge on any atom is 0.363 e. The number of amides is 2. The van der Waals surface area contributed by atoms with Crippen molar-refractivity contribution in [2.24, 2.45) is 0 Å². The van der Waals surface area contributed by atoms with Crippen molar-refractivity contribution in [1.29, 1.82) is 0 Å². The molecule has 0 atom stereocenters. The number of carbonyl (C=O) groups excluding carboxylic acids is 2. The molecule has 0 radical (unpaired) electrons. The molecule has 0 aromatic heterocycles. The van der Waals surface area contributed by atoms with Crippen LogP contribution < -0.4 is 14.0 Å². The molecule has 6 rings (SSSR count). The van der Waals surface area contributed by atoms with E-state index < -0.39 is 26.1 Å². The van der Waals surface area contributed by atoms with Crippen LogP contribution >= 0.6 is 0 Å². The zero-order valence-corrected chi connectivity index (χ0v) is 22.5. The summed E-state index contributed by atoms with van der Waals surface area (Å²) in [5.41, 5.74) is 0.700. The zero-order valence-electron chi connectivity index (χ0n) is 22.5. The second kappa shape index (κ2) is 10.8. The van der Waals surface area contributed by atoms with Gasteiger partial charge in [0, 0.05) is 48.5 Å². The van der Waals surface area contributed by atoms with E-state index in [1.807, 2.05) is 0 Å². The van der Waals surface area contributed by atoms with Crippen LogP contribution in [-0.4, -0.2) is 26.8 Å². The summed E-state index contributed by atoms with van der Waals surface area (Å²) in [5, 5.41) is 32.0. The van der Waals surface area contributed by atoms with E-state index in [4.69, 9.17) is 9.47 Å². The smallest absolute Gasteiger partial charge is 0.363 e. The van der Waals surface area contributed by atoms with Crippen LogP contribution in [0.4, 0.5) is 22.7 Å². The van der Waals surface area contributed by atoms with Crippen molar-refractivity contribution in [3.63, 3.8) is 0 Å². The Bertz CT molecular complexity index is 1800. The first-order chi connectivity index (χ1) is 21.1. The Morgan fingerprint density at radius 1 is 0.523 bits per heavy atom. The largest absolute Gasteiger partial charge is 0.508 e. The van der Waals surface area contributed by atoms with Crippen LogP contribution in [0.5, 0.6) is 28.7 Å². The average Bonchev–Trinajstić information content (AvgIpc) is 3.02. The Morgan fingerprint density at radius 3 is 1.16 bits per heavy atom. The van der Waals surface area contributed by atoms with Gasteiger partial charge in [-0.15, -0.1) is 4.48 Å². The number of rotatable bonds is 8. The van der Waals surface area contributed by atoms with Crippen LogP contribution in [0.25, 0.3) is 0 Å². The summed E-state index contributed by atoms with van der Waals surface area (Å²) in [6.07, 6.45) is 0. The van der Waals surface area contributed by atoms with Gasteiger partial charge in [0.15, 0.2) is 11.4 Å². The summed E-state index contributed by atoms with van der Waals surface area (Å²) in [4.78, 5) is 49.0. The highest BCUT2D eigenvalue weighted by Crippen LogP contribution is 2.44. The lowest BCUT2D eigenvalue weighted by molar-refractivity contribution is -0.385. The monoisotopic (exact) mass is 590 g/mol. The number of hydrogen-bond acceptors (Lipinski definition) is 9. The van der Waals surface area contributed by atoms with Crippen molar-refractivity contribution in [3.05, 3.63) is 147 Å². The summed E-state index contributed by atoms with van der Waals surface area (Å²) >= 11 is 0. The van der Waals surface area contributed by atoms with E-state index in [-0.39, 0.29) is 28.3 Å². The molecule has 1 aliphatic heterocycles. The van der Waals surface area contributed by atoms with Gasteiger partial charge >= 0.3 is 11.8 Å². The molecule has 1 N–H and O–H groups in total. The molecule has 0 aliphatic carbocycles. The van der Waals surface area contributed by atoms with E-state index in [1.165, 1.54) is 66.7 Å². The lowest BCUT2D eigenvalue weighted by atomic mass is 9.97. The standard InChI is InChI=1S/C32H19N3O9/c36-26-18-20-17-21(19-26)32(38)35(31(20)37,24-5-13-29(14-6-24)43-27-9-1-22(2-10-27)33(39)40)25-7-15-30(16-8-25)44-28-11-3-23(4-12-28)34(41)42/h1-19H/p+1. The highest BCUT2D eigenvalue weighted by Gasteiger charge is 2.53. The molecule has 5 aromatic carbocycles. The van der Waals surface area contributed by atoms with Crippen LogP contribution in [-0.2, 0) is 0 Å². The number of nitrogens with zero attached hydrogens (tertiary/aromatic N) is 3. The third kappa shape index (κ3) is 4.86. The Kier molecular flexibility index (Phi) is 6.80. The Morgan fingerprint density at radius 2 is 0.841 bits per heavy atom. The number of phenols is 1. The fourth-order valence-electron chi connectivity index (χ4n) is 4.98. The van der Waals surface area contributed by atoms with E-state index in [0.29, 0.717) is 34.4 Å². The number of non-ortho nitro benzene ring substituents is 2. The predicted octanol–water partition coefficient (Wildman–Crippen LogP) is 7.43. The van der Waals surface area contributed by atoms with Crippen molar-refractivity contribution in [1.82, 2.24) is 4.48 Å². The van der Waals surface area contributed by atoms with E-state index in [2.05, 4.69) is 0 Å². The van der Waals surface area contributed by atoms with Gasteiger partial charge in [0.1, 0.15) is 28.7 Å². The average molecular weight is 591 g/mol. The molecule has 5 aromatic rings. The van der Waals surface area contributed by atoms with Crippen LogP contribution in [0.1, 0.15) is 20.7 Å². The van der Waals surface area contributed by atoms with Gasteiger partial charge in [-0.3, -0.25) is 20.2 Å². The molecule has 12 heteroatoms. The molecular weight excluding hydrogens is 570 g/mol. The quantitative estimate of drug-likeness (QED) is 0.0839. The van der Waals surface area contributed by atoms with Crippen LogP contribution in [0, 0.1) is 20.2 Å². The second-order valence-corrected chi connectivity index (χ2v) is 9.74. The first-order valence-electron chi connectivity index (χ1n) is 13.0. The lowest BCUT2D eigenvalue weighted by Gasteiger charge is -2.35. The zero-order chi connectivity index (χ0) is 31.0. The fraction of sp³-hybridized carbons (Fsp3) is 0. The van der Waals surface area contributed by atoms with Gasteiger partial charge in [0.25, 0.3) is 11.4 Å². The van der Waals surface area contributed by atoms with Gasteiger partial charge in [-0.2, -0.15) is 0 Å². The number of quaternary nitrogens is 1. The molecule has 0 saturated carbocycles. The molecule has 0 fully saturated rings. The third-order valence-electron chi connectivity index (χ3n) is 7.04. The molecule has 1 heterocycles. The van der Waals surface area contributed by atoms with Crippen LogP contribution in [0.2, 0.25) is 0 Å². The minimum Gasteiger partial charge on any atom is -0.508 e. The summed E-state index contributed by atoms with van der Waals surface area (Å²) in [7, 11) is 0. The molecule has 2 bridgehead atoms. The van der Waals surface area contributed by atoms with Crippen LogP contribution in [0.3, 0.4) is 0 Å². The van der Waals surface area contributed by atoms with Crippen molar-refractivity contribution >= 4 is 34.6 Å². The number of aromatic hydroxyl groups is 1. The molecule has 0 spiro atoms. The molecular formula is C32H20N3O9+. The van der Waals surface area contributed by atoms with Gasteiger partial charge in [0.2, 0.25) is 0 Å². The Labute approximate surface area is 248 Å². The molecule has 44 heavy (non-hydrogen) atoms. The molecule has 216 valence electrons. The van der Waals surface area contributed by atoms with E-state index in [0.717, 1.165) is 0 Å². The van der Waals surface area contributed by atoms with E-state index in [9.17, 15) is 34.9 Å². The van der Waals surface area contributed by atoms with Crippen molar-refractivity contribution in [3.8, 4) is 28.7 Å². The van der Waals surface area contributed by atoms with Gasteiger partial charge in [-0.25, -0.2) is 9.59 Å². The van der Waals surface area contributed by atoms with Gasteiger partial charge < -0.3 is 14.6 Å². The predicted molar refractivity (Wildman–Crippen MR) is 157 cm³/mol. The summed E-state index contributed by atoms with van der Waals surface area (Å²) in [6.45, 7) is 0. The summed E-state index contributed by atoms with van der Waals surface area (Å²) < 4.78 is 10.8. The van der Waals surface area contributed by atoms with E-state index >= 15 is 0 Å². The maximum absolute atomic E-state index is 14.1. The second-order valence-electron chi connectivity index (χ2n) is 9.74. The SMILES string of the molecule is O=C1c2cc(O)cc(c2)C(=O)[N+]1(c1ccc(Oc2ccc([N+](=O)[O-])cc2)cc1)c1ccc(Oc2ccc([N+](=O)[O-])cc2)cc1. The molecule has 12 nitrogen and oxygen atoms in total. The number of imide groups is 1. The van der Waals surface area contributed by atoms with Gasteiger partial charge in [-0.1, -0.05) is 0 Å². The minimum absolute atomic E-state index is 0.0836. The number of phenolic OH excluding ortho intramolecular Hbond substituents is 1. The number of fused-ring (bicyclic) bond motifs is 2. The number of ether oxygens (including phenoxy) is 2. The Balaban J connectivity index is 1.36. The first kappa shape index (κ1) is 27.8. The Hall–Kier alpha value is -6.40. The minimum atomic E-state index is -0.850. The lowest BCUT2D eigenvalue weighted by Crippen LogP contribution is -2.56. The topological polar surface area (TPSA) is 159 Å². The fourth-order valence-corrected chi connectivity index (χ4v) is 4.98. The van der Waals surface area contributed by atoms with Gasteiger partial charge in [-0.05, 0) is 66.7 Å². The normalized spacial score (nSPS) is 13.3. The number of nitro benzene ring substituents is 2. The van der Waals surface area contributed by atoms with Crippen molar-refractivity contribution in [2.45, 2.75) is 0 Å². The molecule has 2 amide bonds. The molecule has 1 aliphatic rings. The number of nitro groups is 2. The van der Waals surface area contributed by atoms with Crippen molar-refractivity contribution < 1.29 is 34.0 Å². The first-order valence-corrected chi connectivity index (χ1v) is 13.0. The third-order valence-corrected chi connectivity index (χ3v) is 7.04. The highest BCUT2D eigenvalue weighted by molar-refractivity contribution is 6.27. The maximum atomic E-state index is 14.1. The van der Waals surface area contributed by atoms with Gasteiger partial charge in [0.05, 0.1) is 21.0 Å². The number of hydrogen-bond donors (Lipinski definition) is 1. The van der Waals surface area contributed by atoms with E-state index in [1.54, 1.807) is 48.5 Å². The molecule has 0 saturated heterocycles. The summed E-state index contributed by atoms with van der Waals surface area (Å²) in [6, 6.07) is 27.7. The molecule has 0 unspecified atom stereocenters. The number of carbonyl (C=O) groups is 2. The summed E-state index contributed by atoms with van der Waals surface area (Å²) in [5.74, 6) is 0.0351. The highest BCUT2D eigenvalue weighted by atomic mass is 16.6.